The highest BCUT2D eigenvalue weighted by Gasteiger charge is 2.31. The van der Waals surface area contributed by atoms with E-state index >= 15 is 0 Å². The van der Waals surface area contributed by atoms with Crippen LogP contribution in [-0.2, 0) is 6.54 Å². The summed E-state index contributed by atoms with van der Waals surface area (Å²) in [5, 5.41) is 3.76. The van der Waals surface area contributed by atoms with E-state index in [-0.39, 0.29) is 0 Å². The van der Waals surface area contributed by atoms with Crippen LogP contribution in [0.5, 0.6) is 0 Å². The summed E-state index contributed by atoms with van der Waals surface area (Å²) < 4.78 is 0. The molecule has 2 aromatic rings. The van der Waals surface area contributed by atoms with Crippen LogP contribution in [0.4, 0.5) is 0 Å². The van der Waals surface area contributed by atoms with Gasteiger partial charge in [0.05, 0.1) is 0 Å². The van der Waals surface area contributed by atoms with Crippen LogP contribution >= 0.6 is 0 Å². The van der Waals surface area contributed by atoms with Crippen molar-refractivity contribution in [2.45, 2.75) is 39.3 Å². The van der Waals surface area contributed by atoms with Crippen molar-refractivity contribution in [1.29, 1.82) is 0 Å². The number of rotatable bonds is 5. The van der Waals surface area contributed by atoms with Gasteiger partial charge < -0.3 is 5.32 Å². The molecule has 1 unspecified atom stereocenters. The fraction of sp³-hybridized carbons (Fsp3) is 0.368. The highest BCUT2D eigenvalue weighted by molar-refractivity contribution is 5.30. The first-order valence-electron chi connectivity index (χ1n) is 7.58. The van der Waals surface area contributed by atoms with Crippen LogP contribution in [0.25, 0.3) is 0 Å². The van der Waals surface area contributed by atoms with Crippen molar-refractivity contribution in [3.05, 3.63) is 70.8 Å². The van der Waals surface area contributed by atoms with Gasteiger partial charge in [-0.15, -0.1) is 0 Å². The maximum absolute atomic E-state index is 3.76. The van der Waals surface area contributed by atoms with Crippen LogP contribution in [0.1, 0.15) is 41.1 Å². The lowest BCUT2D eigenvalue weighted by Crippen LogP contribution is -2.22. The molecule has 20 heavy (non-hydrogen) atoms. The Kier molecular flexibility index (Phi) is 3.88. The minimum atomic E-state index is 0.512. The highest BCUT2D eigenvalue weighted by atomic mass is 14.9. The SMILES string of the molecule is Cc1ccc(CNC(c2ccccc2)C2CC2)cc1C. The molecule has 0 saturated heterocycles. The van der Waals surface area contributed by atoms with E-state index in [1.54, 1.807) is 0 Å². The normalized spacial score (nSPS) is 16.1. The third-order valence-corrected chi connectivity index (χ3v) is 4.35. The Hall–Kier alpha value is -1.60. The minimum absolute atomic E-state index is 0.512. The molecule has 104 valence electrons. The predicted molar refractivity (Wildman–Crippen MR) is 84.7 cm³/mol. The summed E-state index contributed by atoms with van der Waals surface area (Å²) in [4.78, 5) is 0. The Morgan fingerprint density at radius 2 is 1.75 bits per heavy atom. The topological polar surface area (TPSA) is 12.0 Å². The van der Waals surface area contributed by atoms with Gasteiger partial charge in [0.15, 0.2) is 0 Å². The monoisotopic (exact) mass is 265 g/mol. The Bertz CT molecular complexity index is 570. The average Bonchev–Trinajstić information content (AvgIpc) is 3.29. The zero-order chi connectivity index (χ0) is 13.9. The average molecular weight is 265 g/mol. The molecule has 1 aliphatic rings. The van der Waals surface area contributed by atoms with Crippen molar-refractivity contribution >= 4 is 0 Å². The molecule has 0 bridgehead atoms. The highest BCUT2D eigenvalue weighted by Crippen LogP contribution is 2.41. The van der Waals surface area contributed by atoms with Crippen molar-refractivity contribution in [1.82, 2.24) is 5.32 Å². The van der Waals surface area contributed by atoms with Gasteiger partial charge in [-0.1, -0.05) is 48.5 Å². The molecule has 0 aromatic heterocycles. The minimum Gasteiger partial charge on any atom is -0.306 e. The molecule has 1 saturated carbocycles. The first kappa shape index (κ1) is 13.4. The van der Waals surface area contributed by atoms with Crippen LogP contribution in [0.3, 0.4) is 0 Å². The standard InChI is InChI=1S/C19H23N/c1-14-8-9-16(12-15(14)2)13-20-19(18-10-11-18)17-6-4-3-5-7-17/h3-9,12,18-20H,10-11,13H2,1-2H3. The molecular weight excluding hydrogens is 242 g/mol. The predicted octanol–water partition coefficient (Wildman–Crippen LogP) is 4.54. The van der Waals surface area contributed by atoms with Crippen molar-refractivity contribution < 1.29 is 0 Å². The molecule has 1 N–H and O–H groups in total. The van der Waals surface area contributed by atoms with Crippen LogP contribution in [-0.4, -0.2) is 0 Å². The maximum atomic E-state index is 3.76. The molecule has 0 radical (unpaired) electrons. The van der Waals surface area contributed by atoms with E-state index < -0.39 is 0 Å². The summed E-state index contributed by atoms with van der Waals surface area (Å²) in [5.74, 6) is 0.823. The Morgan fingerprint density at radius 1 is 1.00 bits per heavy atom. The zero-order valence-corrected chi connectivity index (χ0v) is 12.4. The number of nitrogens with one attached hydrogen (secondary N) is 1. The van der Waals surface area contributed by atoms with Crippen LogP contribution in [0.2, 0.25) is 0 Å². The second-order valence-electron chi connectivity index (χ2n) is 6.03. The summed E-state index contributed by atoms with van der Waals surface area (Å²) in [7, 11) is 0. The third kappa shape index (κ3) is 3.10. The first-order valence-corrected chi connectivity index (χ1v) is 7.58. The summed E-state index contributed by atoms with van der Waals surface area (Å²) in [5.41, 5.74) is 5.57. The molecule has 1 atom stereocenters. The van der Waals surface area contributed by atoms with E-state index in [4.69, 9.17) is 0 Å². The lowest BCUT2D eigenvalue weighted by atomic mass is 10.0. The van der Waals surface area contributed by atoms with Gasteiger partial charge >= 0.3 is 0 Å². The Morgan fingerprint density at radius 3 is 2.40 bits per heavy atom. The van der Waals surface area contributed by atoms with Gasteiger partial charge in [0.2, 0.25) is 0 Å². The largest absolute Gasteiger partial charge is 0.306 e. The van der Waals surface area contributed by atoms with Gasteiger partial charge in [-0.25, -0.2) is 0 Å². The molecule has 0 heterocycles. The number of hydrogen-bond acceptors (Lipinski definition) is 1. The smallest absolute Gasteiger partial charge is 0.0351 e. The molecular formula is C19H23N. The van der Waals surface area contributed by atoms with Crippen LogP contribution < -0.4 is 5.32 Å². The van der Waals surface area contributed by atoms with Crippen molar-refractivity contribution in [3.63, 3.8) is 0 Å². The van der Waals surface area contributed by atoms with E-state index in [1.165, 1.54) is 35.1 Å². The summed E-state index contributed by atoms with van der Waals surface area (Å²) >= 11 is 0. The van der Waals surface area contributed by atoms with Crippen molar-refractivity contribution in [2.24, 2.45) is 5.92 Å². The van der Waals surface area contributed by atoms with Crippen molar-refractivity contribution in [3.8, 4) is 0 Å². The molecule has 2 aromatic carbocycles. The summed E-state index contributed by atoms with van der Waals surface area (Å²) in [6, 6.07) is 18.1. The van der Waals surface area contributed by atoms with Gasteiger partial charge in [-0.05, 0) is 54.9 Å². The van der Waals surface area contributed by atoms with Crippen molar-refractivity contribution in [2.75, 3.05) is 0 Å². The molecule has 1 aliphatic carbocycles. The van der Waals surface area contributed by atoms with Gasteiger partial charge in [-0.3, -0.25) is 0 Å². The second kappa shape index (κ2) is 5.80. The summed E-state index contributed by atoms with van der Waals surface area (Å²) in [6.07, 6.45) is 2.72. The molecule has 1 nitrogen and oxygen atoms in total. The molecule has 3 rings (SSSR count). The van der Waals surface area contributed by atoms with E-state index in [0.717, 1.165) is 12.5 Å². The maximum Gasteiger partial charge on any atom is 0.0351 e. The Balaban J connectivity index is 1.70. The van der Waals surface area contributed by atoms with E-state index in [0.29, 0.717) is 6.04 Å². The van der Waals surface area contributed by atoms with Gasteiger partial charge in [0.1, 0.15) is 0 Å². The van der Waals surface area contributed by atoms with E-state index in [9.17, 15) is 0 Å². The van der Waals surface area contributed by atoms with Gasteiger partial charge in [-0.2, -0.15) is 0 Å². The Labute approximate surface area is 122 Å². The van der Waals surface area contributed by atoms with Gasteiger partial charge in [0, 0.05) is 12.6 Å². The molecule has 0 spiro atoms. The van der Waals surface area contributed by atoms with E-state index in [2.05, 4.69) is 67.7 Å². The fourth-order valence-corrected chi connectivity index (χ4v) is 2.79. The number of aryl methyl sites for hydroxylation is 2. The van der Waals surface area contributed by atoms with Gasteiger partial charge in [0.25, 0.3) is 0 Å². The lowest BCUT2D eigenvalue weighted by Gasteiger charge is -2.19. The molecule has 1 fully saturated rings. The zero-order valence-electron chi connectivity index (χ0n) is 12.4. The lowest BCUT2D eigenvalue weighted by molar-refractivity contribution is 0.480. The van der Waals surface area contributed by atoms with Crippen LogP contribution in [0.15, 0.2) is 48.5 Å². The van der Waals surface area contributed by atoms with Crippen LogP contribution in [0, 0.1) is 19.8 Å². The molecule has 0 amide bonds. The molecule has 1 heteroatoms. The number of benzene rings is 2. The molecule has 0 aliphatic heterocycles. The van der Waals surface area contributed by atoms with E-state index in [1.807, 2.05) is 0 Å². The fourth-order valence-electron chi connectivity index (χ4n) is 2.79. The second-order valence-corrected chi connectivity index (χ2v) is 6.03. The quantitative estimate of drug-likeness (QED) is 0.836. The first-order chi connectivity index (χ1) is 9.74. The number of hydrogen-bond donors (Lipinski definition) is 1. The third-order valence-electron chi connectivity index (χ3n) is 4.35. The summed E-state index contributed by atoms with van der Waals surface area (Å²) in [6.45, 7) is 5.31.